The Morgan fingerprint density at radius 2 is 1.49 bits per heavy atom. The molecule has 3 aliphatic rings. The van der Waals surface area contributed by atoms with E-state index in [4.69, 9.17) is 5.11 Å². The van der Waals surface area contributed by atoms with Crippen molar-refractivity contribution in [2.45, 2.75) is 138 Å². The van der Waals surface area contributed by atoms with Crippen molar-refractivity contribution in [2.75, 3.05) is 36.8 Å². The third kappa shape index (κ3) is 14.1. The molecule has 68 heavy (non-hydrogen) atoms. The van der Waals surface area contributed by atoms with Crippen molar-refractivity contribution in [3.8, 4) is 0 Å². The van der Waals surface area contributed by atoms with Gasteiger partial charge in [-0.05, 0) is 108 Å². The first-order chi connectivity index (χ1) is 31.8. The summed E-state index contributed by atoms with van der Waals surface area (Å²) >= 11 is 0. The first-order valence-corrected chi connectivity index (χ1v) is 27.6. The maximum Gasteiger partial charge on any atom is 0.303 e. The van der Waals surface area contributed by atoms with Gasteiger partial charge in [0.25, 0.3) is 30.4 Å². The largest absolute Gasteiger partial charge is 0.481 e. The molecule has 0 aromatic heterocycles. The Morgan fingerprint density at radius 1 is 0.824 bits per heavy atom. The number of unbranched alkanes of at least 4 members (excludes halogenated alkanes) is 2. The summed E-state index contributed by atoms with van der Waals surface area (Å²) in [6.45, 7) is 6.58. The summed E-state index contributed by atoms with van der Waals surface area (Å²) in [7, 11) is -13.5. The lowest BCUT2D eigenvalue weighted by atomic mass is 9.77. The van der Waals surface area contributed by atoms with Crippen molar-refractivity contribution in [2.24, 2.45) is 5.92 Å². The summed E-state index contributed by atoms with van der Waals surface area (Å²) in [6.07, 6.45) is 11.1. The fraction of sp³-hybridized carbons (Fsp3) is 0.553. The van der Waals surface area contributed by atoms with Crippen LogP contribution in [0, 0.1) is 5.92 Å². The Hall–Kier alpha value is -4.80. The molecular weight excluding hydrogens is 941 g/mol. The van der Waals surface area contributed by atoms with Gasteiger partial charge in [-0.2, -0.15) is 29.8 Å². The van der Waals surface area contributed by atoms with E-state index in [0.29, 0.717) is 93.3 Å². The summed E-state index contributed by atoms with van der Waals surface area (Å²) in [6, 6.07) is 8.65. The minimum atomic E-state index is -4.65. The zero-order valence-electron chi connectivity index (χ0n) is 38.9. The van der Waals surface area contributed by atoms with Crippen LogP contribution in [0.25, 0.3) is 0 Å². The van der Waals surface area contributed by atoms with Gasteiger partial charge in [0, 0.05) is 86.2 Å². The lowest BCUT2D eigenvalue weighted by Gasteiger charge is -2.30. The van der Waals surface area contributed by atoms with Crippen LogP contribution in [0.15, 0.2) is 70.1 Å². The number of rotatable bonds is 13. The first kappa shape index (κ1) is 54.1. The number of carbonyl (C=O) groups is 4. The molecule has 21 heteroatoms. The second-order valence-corrected chi connectivity index (χ2v) is 23.0. The Morgan fingerprint density at radius 3 is 2.16 bits per heavy atom. The standard InChI is InChI=1S/C47H64N4O14S3/c1-46(2)37-30-35(67(60,61)62)20-22-39(37)50-26-12-6-8-18-43(53)49-32-33(45(56)48-25-11-5-9-19-44(54)55)29-34(52)15-7-4-10-24-47(3)38-31-36(68(63,64)65)21-23-40(38)51(27-14-28-66(57,58)59)42(47)17-13-16-41(46)50/h13,16-17,20-23,30-31,33H,4-12,14-15,18-19,24-29,32H2,1-3H3,(H5-,48,49,53,54,55,56,57,58,59,60,61,62,63,64,65)/p+1. The normalized spacial score (nSPS) is 22.5. The highest BCUT2D eigenvalue weighted by Crippen LogP contribution is 2.51. The molecule has 0 saturated heterocycles. The van der Waals surface area contributed by atoms with Crippen LogP contribution in [0.4, 0.5) is 11.4 Å². The van der Waals surface area contributed by atoms with Gasteiger partial charge in [-0.25, -0.2) is 0 Å². The molecule has 3 aliphatic heterocycles. The highest BCUT2D eigenvalue weighted by Gasteiger charge is 2.46. The Kier molecular flexibility index (Phi) is 18.1. The molecule has 2 amide bonds. The molecule has 2 aromatic rings. The van der Waals surface area contributed by atoms with Crippen molar-refractivity contribution < 1.29 is 67.8 Å². The summed E-state index contributed by atoms with van der Waals surface area (Å²) in [5.41, 5.74) is 2.23. The van der Waals surface area contributed by atoms with E-state index in [-0.39, 0.29) is 73.2 Å². The number of amides is 2. The average molecular weight is 1010 g/mol. The minimum absolute atomic E-state index is 0.00802. The monoisotopic (exact) mass is 1010 g/mol. The van der Waals surface area contributed by atoms with Crippen molar-refractivity contribution in [1.29, 1.82) is 0 Å². The molecular formula is C47H65N4O14S3+. The van der Waals surface area contributed by atoms with Gasteiger partial charge in [-0.15, -0.1) is 0 Å². The molecule has 5 rings (SSSR count). The van der Waals surface area contributed by atoms with E-state index >= 15 is 0 Å². The van der Waals surface area contributed by atoms with Crippen LogP contribution in [0.1, 0.15) is 128 Å². The molecule has 0 radical (unpaired) electrons. The molecule has 2 atom stereocenters. The van der Waals surface area contributed by atoms with Crippen LogP contribution in [0.2, 0.25) is 0 Å². The number of Topliss-reactive ketones (excluding diaryl/α,β-unsaturated/α-hetero) is 1. The number of hydrogen-bond donors (Lipinski definition) is 6. The second-order valence-electron chi connectivity index (χ2n) is 18.6. The van der Waals surface area contributed by atoms with Gasteiger partial charge < -0.3 is 20.6 Å². The van der Waals surface area contributed by atoms with Gasteiger partial charge in [0.15, 0.2) is 5.71 Å². The van der Waals surface area contributed by atoms with Gasteiger partial charge in [0.2, 0.25) is 17.5 Å². The molecule has 2 unspecified atom stereocenters. The quantitative estimate of drug-likeness (QED) is 0.0759. The van der Waals surface area contributed by atoms with Crippen molar-refractivity contribution in [1.82, 2.24) is 10.6 Å². The second kappa shape index (κ2) is 22.7. The number of hydrogen-bond acceptors (Lipinski definition) is 11. The highest BCUT2D eigenvalue weighted by atomic mass is 32.2. The Labute approximate surface area is 399 Å². The van der Waals surface area contributed by atoms with E-state index in [1.807, 2.05) is 43.9 Å². The topological polar surface area (TPSA) is 282 Å². The average Bonchev–Trinajstić information content (AvgIpc) is 3.60. The fourth-order valence-corrected chi connectivity index (χ4v) is 11.0. The third-order valence-corrected chi connectivity index (χ3v) is 15.6. The summed E-state index contributed by atoms with van der Waals surface area (Å²) in [5.74, 6) is -3.10. The molecule has 374 valence electrons. The molecule has 18 nitrogen and oxygen atoms in total. The maximum absolute atomic E-state index is 13.4. The van der Waals surface area contributed by atoms with E-state index in [2.05, 4.69) is 15.2 Å². The first-order valence-electron chi connectivity index (χ1n) is 23.1. The number of aliphatic carboxylic acids is 1. The summed E-state index contributed by atoms with van der Waals surface area (Å²) in [5, 5.41) is 14.6. The van der Waals surface area contributed by atoms with Crippen LogP contribution in [-0.2, 0) is 60.4 Å². The lowest BCUT2D eigenvalue weighted by Crippen LogP contribution is -2.40. The van der Waals surface area contributed by atoms with Crippen LogP contribution in [0.5, 0.6) is 0 Å². The van der Waals surface area contributed by atoms with E-state index < -0.39 is 64.7 Å². The number of nitrogens with zero attached hydrogens (tertiary/aromatic N) is 2. The zero-order valence-corrected chi connectivity index (χ0v) is 41.4. The number of carboxylic acids is 1. The predicted octanol–water partition coefficient (Wildman–Crippen LogP) is 6.03. The van der Waals surface area contributed by atoms with Gasteiger partial charge in [0.1, 0.15) is 12.3 Å². The Bertz CT molecular complexity index is 2680. The molecule has 3 heterocycles. The number of carboxylic acid groups (broad SMARTS) is 1. The van der Waals surface area contributed by atoms with E-state index in [1.54, 1.807) is 12.1 Å². The SMILES string of the molecule is CC1(C)C2=[N+](CCCCCC(=O)NCC(C(=O)NCCCCCC(=O)O)CC(=O)CCCCCC3(C)/C(=C/C=C/2)N(CCCS(=O)(=O)O)c2ccc(S(=O)(=O)O)cc23)c2ccc(S(=O)(=O)O)cc21. The lowest BCUT2D eigenvalue weighted by molar-refractivity contribution is -0.438. The van der Waals surface area contributed by atoms with Crippen molar-refractivity contribution in [3.63, 3.8) is 0 Å². The zero-order chi connectivity index (χ0) is 50.1. The molecule has 0 bridgehead atoms. The molecule has 0 spiro atoms. The summed E-state index contributed by atoms with van der Waals surface area (Å²) < 4.78 is 105. The van der Waals surface area contributed by atoms with Crippen molar-refractivity contribution >= 4 is 71.0 Å². The number of anilines is 1. The minimum Gasteiger partial charge on any atom is -0.481 e. The van der Waals surface area contributed by atoms with Gasteiger partial charge in [0.05, 0.1) is 26.9 Å². The van der Waals surface area contributed by atoms with E-state index in [1.165, 1.54) is 24.3 Å². The van der Waals surface area contributed by atoms with E-state index in [9.17, 15) is 58.1 Å². The van der Waals surface area contributed by atoms with Crippen LogP contribution in [0.3, 0.4) is 0 Å². The van der Waals surface area contributed by atoms with Crippen molar-refractivity contribution in [3.05, 3.63) is 71.5 Å². The number of ketones is 1. The number of nitrogens with one attached hydrogen (secondary N) is 2. The highest BCUT2D eigenvalue weighted by molar-refractivity contribution is 7.86. The molecule has 0 aliphatic carbocycles. The number of carbonyl (C=O) groups excluding carboxylic acids is 3. The van der Waals surface area contributed by atoms with Gasteiger partial charge in [-0.3, -0.25) is 32.8 Å². The van der Waals surface area contributed by atoms with Gasteiger partial charge >= 0.3 is 5.97 Å². The van der Waals surface area contributed by atoms with Crippen LogP contribution >= 0.6 is 0 Å². The molecule has 6 N–H and O–H groups in total. The van der Waals surface area contributed by atoms with Crippen LogP contribution in [-0.4, -0.2) is 110 Å². The molecule has 0 saturated carbocycles. The number of fused-ring (bicyclic) bond motifs is 5. The maximum atomic E-state index is 13.4. The number of benzene rings is 2. The van der Waals surface area contributed by atoms with Crippen LogP contribution < -0.4 is 15.5 Å². The predicted molar refractivity (Wildman–Crippen MR) is 255 cm³/mol. The number of allylic oxidation sites excluding steroid dienone is 4. The van der Waals surface area contributed by atoms with E-state index in [0.717, 1.165) is 11.4 Å². The third-order valence-electron chi connectivity index (χ3n) is 13.1. The smallest absolute Gasteiger partial charge is 0.303 e. The van der Waals surface area contributed by atoms with Gasteiger partial charge in [-0.1, -0.05) is 25.3 Å². The molecule has 2 aromatic carbocycles. The Balaban J connectivity index is 1.53. The summed E-state index contributed by atoms with van der Waals surface area (Å²) in [4.78, 5) is 52.0. The fourth-order valence-electron chi connectivity index (χ4n) is 9.49. The molecule has 0 fully saturated rings.